The van der Waals surface area contributed by atoms with Crippen molar-refractivity contribution in [1.82, 2.24) is 0 Å². The lowest BCUT2D eigenvalue weighted by atomic mass is 9.58. The van der Waals surface area contributed by atoms with Gasteiger partial charge in [0.15, 0.2) is 0 Å². The van der Waals surface area contributed by atoms with Crippen LogP contribution < -0.4 is 5.46 Å². The summed E-state index contributed by atoms with van der Waals surface area (Å²) in [6.45, 7) is 4.22. The molecule has 1 aromatic rings. The third-order valence-electron chi connectivity index (χ3n) is 4.34. The fourth-order valence-corrected chi connectivity index (χ4v) is 3.27. The normalized spacial score (nSPS) is 23.4. The molecule has 1 atom stereocenters. The minimum absolute atomic E-state index is 0.216. The van der Waals surface area contributed by atoms with E-state index in [1.54, 1.807) is 5.57 Å². The summed E-state index contributed by atoms with van der Waals surface area (Å²) in [5, 5.41) is 0. The monoisotopic (exact) mass is 252 g/mol. The maximum Gasteiger partial charge on any atom is 0.392 e. The van der Waals surface area contributed by atoms with E-state index >= 15 is 0 Å². The van der Waals surface area contributed by atoms with E-state index < -0.39 is 0 Å². The van der Waals surface area contributed by atoms with Gasteiger partial charge >= 0.3 is 6.92 Å². The van der Waals surface area contributed by atoms with Crippen LogP contribution in [0.4, 0.5) is 0 Å². The molecule has 1 nitrogen and oxygen atoms in total. The zero-order chi connectivity index (χ0) is 13.1. The highest BCUT2D eigenvalue weighted by Crippen LogP contribution is 2.37. The second-order valence-electron chi connectivity index (χ2n) is 5.62. The first-order valence-corrected chi connectivity index (χ1v) is 7.44. The van der Waals surface area contributed by atoms with Crippen molar-refractivity contribution in [2.75, 3.05) is 0 Å². The fraction of sp³-hybridized carbons (Fsp3) is 0.412. The Kier molecular flexibility index (Phi) is 3.77. The van der Waals surface area contributed by atoms with Crippen LogP contribution in [0.25, 0.3) is 0 Å². The Morgan fingerprint density at radius 3 is 2.53 bits per heavy atom. The minimum atomic E-state index is 0.216. The maximum absolute atomic E-state index is 6.30. The molecule has 19 heavy (non-hydrogen) atoms. The van der Waals surface area contributed by atoms with Crippen molar-refractivity contribution < 1.29 is 4.65 Å². The van der Waals surface area contributed by atoms with Gasteiger partial charge in [-0.2, -0.15) is 0 Å². The van der Waals surface area contributed by atoms with Crippen molar-refractivity contribution in [3.05, 3.63) is 54.3 Å². The number of benzene rings is 1. The number of rotatable bonds is 2. The van der Waals surface area contributed by atoms with Gasteiger partial charge in [0.1, 0.15) is 0 Å². The van der Waals surface area contributed by atoms with Gasteiger partial charge < -0.3 is 4.65 Å². The zero-order valence-corrected chi connectivity index (χ0v) is 11.5. The molecular formula is C17H21BO. The Bertz CT molecular complexity index is 469. The number of allylic oxidation sites excluding steroid dienone is 2. The van der Waals surface area contributed by atoms with Gasteiger partial charge in [0.25, 0.3) is 0 Å². The molecule has 2 aliphatic rings. The average Bonchev–Trinajstić information content (AvgIpc) is 2.93. The van der Waals surface area contributed by atoms with E-state index in [9.17, 15) is 0 Å². The van der Waals surface area contributed by atoms with E-state index in [1.165, 1.54) is 43.3 Å². The van der Waals surface area contributed by atoms with Crippen molar-refractivity contribution in [1.29, 1.82) is 0 Å². The molecule has 0 amide bonds. The molecule has 3 rings (SSSR count). The van der Waals surface area contributed by atoms with Crippen LogP contribution in [0.3, 0.4) is 0 Å². The lowest BCUT2D eigenvalue weighted by molar-refractivity contribution is 0.417. The van der Waals surface area contributed by atoms with Gasteiger partial charge in [-0.1, -0.05) is 42.8 Å². The van der Waals surface area contributed by atoms with Crippen LogP contribution in [-0.2, 0) is 4.65 Å². The van der Waals surface area contributed by atoms with Gasteiger partial charge in [0.05, 0.1) is 5.76 Å². The number of hydrogen-bond acceptors (Lipinski definition) is 1. The van der Waals surface area contributed by atoms with Gasteiger partial charge in [-0.15, -0.1) is 6.58 Å². The molecule has 1 aliphatic carbocycles. The largest absolute Gasteiger partial charge is 0.558 e. The summed E-state index contributed by atoms with van der Waals surface area (Å²) in [7, 11) is 0. The summed E-state index contributed by atoms with van der Waals surface area (Å²) < 4.78 is 6.30. The standard InChI is InChI=1S/C17H21BO/c1-2-14-13-18(16-11-7-4-8-12-16)19-17(14)15-9-5-3-6-10-15/h2,4,7-8,11-12,14H,1,3,5-6,9-10,13H2. The molecule has 0 N–H and O–H groups in total. The highest BCUT2D eigenvalue weighted by atomic mass is 16.4. The van der Waals surface area contributed by atoms with Crippen molar-refractivity contribution in [2.24, 2.45) is 5.92 Å². The summed E-state index contributed by atoms with van der Waals surface area (Å²) in [4.78, 5) is 0. The van der Waals surface area contributed by atoms with Crippen molar-refractivity contribution in [3.8, 4) is 0 Å². The Morgan fingerprint density at radius 1 is 1.11 bits per heavy atom. The Labute approximate surface area is 116 Å². The van der Waals surface area contributed by atoms with Gasteiger partial charge in [-0.25, -0.2) is 0 Å². The first kappa shape index (κ1) is 12.6. The molecule has 0 aromatic heterocycles. The lowest BCUT2D eigenvalue weighted by Crippen LogP contribution is -2.28. The second-order valence-corrected chi connectivity index (χ2v) is 5.62. The average molecular weight is 252 g/mol. The van der Waals surface area contributed by atoms with Gasteiger partial charge in [0.2, 0.25) is 0 Å². The Balaban J connectivity index is 1.84. The van der Waals surface area contributed by atoms with Crippen LogP contribution >= 0.6 is 0 Å². The van der Waals surface area contributed by atoms with E-state index in [2.05, 4.69) is 43.0 Å². The Morgan fingerprint density at radius 2 is 1.84 bits per heavy atom. The number of hydrogen-bond donors (Lipinski definition) is 0. The predicted octanol–water partition coefficient (Wildman–Crippen LogP) is 3.94. The fourth-order valence-electron chi connectivity index (χ4n) is 3.27. The van der Waals surface area contributed by atoms with Gasteiger partial charge in [-0.3, -0.25) is 0 Å². The molecule has 0 radical (unpaired) electrons. The van der Waals surface area contributed by atoms with Crippen LogP contribution in [-0.4, -0.2) is 6.92 Å². The molecule has 98 valence electrons. The highest BCUT2D eigenvalue weighted by Gasteiger charge is 2.36. The SMILES string of the molecule is C=CC1CB(c2ccccc2)OC1=C1CCCCC1. The van der Waals surface area contributed by atoms with Crippen molar-refractivity contribution in [2.45, 2.75) is 38.4 Å². The molecule has 0 spiro atoms. The topological polar surface area (TPSA) is 9.23 Å². The van der Waals surface area contributed by atoms with E-state index in [0.29, 0.717) is 5.92 Å². The van der Waals surface area contributed by atoms with E-state index in [1.807, 2.05) is 0 Å². The lowest BCUT2D eigenvalue weighted by Gasteiger charge is -2.19. The molecule has 1 aliphatic heterocycles. The van der Waals surface area contributed by atoms with Crippen molar-refractivity contribution in [3.63, 3.8) is 0 Å². The van der Waals surface area contributed by atoms with Gasteiger partial charge in [-0.05, 0) is 43.0 Å². The minimum Gasteiger partial charge on any atom is -0.558 e. The van der Waals surface area contributed by atoms with Crippen molar-refractivity contribution >= 4 is 12.4 Å². The van der Waals surface area contributed by atoms with Crippen LogP contribution in [0.5, 0.6) is 0 Å². The molecule has 2 fully saturated rings. The molecule has 0 bridgehead atoms. The molecule has 1 aromatic carbocycles. The third kappa shape index (κ3) is 2.63. The molecule has 2 heteroatoms. The van der Waals surface area contributed by atoms with Crippen LogP contribution in [0.2, 0.25) is 6.32 Å². The zero-order valence-electron chi connectivity index (χ0n) is 11.5. The quantitative estimate of drug-likeness (QED) is 0.572. The molecule has 1 saturated carbocycles. The second kappa shape index (κ2) is 5.69. The van der Waals surface area contributed by atoms with Crippen LogP contribution in [0.1, 0.15) is 32.1 Å². The van der Waals surface area contributed by atoms with E-state index in [4.69, 9.17) is 4.65 Å². The summed E-state index contributed by atoms with van der Waals surface area (Å²) in [6.07, 6.45) is 9.58. The summed E-state index contributed by atoms with van der Waals surface area (Å²) in [5.41, 5.74) is 2.84. The summed E-state index contributed by atoms with van der Waals surface area (Å²) in [6, 6.07) is 10.6. The Hall–Kier alpha value is -1.44. The first-order chi connectivity index (χ1) is 9.38. The highest BCUT2D eigenvalue weighted by molar-refractivity contribution is 6.68. The first-order valence-electron chi connectivity index (χ1n) is 7.44. The third-order valence-corrected chi connectivity index (χ3v) is 4.34. The predicted molar refractivity (Wildman–Crippen MR) is 81.5 cm³/mol. The van der Waals surface area contributed by atoms with Crippen LogP contribution in [0.15, 0.2) is 54.3 Å². The molecular weight excluding hydrogens is 231 g/mol. The van der Waals surface area contributed by atoms with Gasteiger partial charge in [0, 0.05) is 5.92 Å². The smallest absolute Gasteiger partial charge is 0.392 e. The summed E-state index contributed by atoms with van der Waals surface area (Å²) >= 11 is 0. The molecule has 1 unspecified atom stereocenters. The summed E-state index contributed by atoms with van der Waals surface area (Å²) in [5.74, 6) is 1.65. The molecule has 1 saturated heterocycles. The maximum atomic E-state index is 6.30. The van der Waals surface area contributed by atoms with E-state index in [0.717, 1.165) is 6.32 Å². The van der Waals surface area contributed by atoms with Crippen LogP contribution in [0, 0.1) is 5.92 Å². The van der Waals surface area contributed by atoms with E-state index in [-0.39, 0.29) is 6.92 Å². The molecule has 1 heterocycles.